The highest BCUT2D eigenvalue weighted by molar-refractivity contribution is 8.01. The molecule has 0 amide bonds. The standard InChI is InChI=1S/C10H10FN3OS2/c11-7-1-3-8(4-2-7)15-5-6-16-10-14-13-9(12)17-10/h1-4H,5-6H2,(H2,12,13). The highest BCUT2D eigenvalue weighted by Crippen LogP contribution is 2.23. The van der Waals surface area contributed by atoms with Crippen LogP contribution in [0.3, 0.4) is 0 Å². The minimum absolute atomic E-state index is 0.268. The quantitative estimate of drug-likeness (QED) is 0.668. The number of rotatable bonds is 5. The molecule has 90 valence electrons. The van der Waals surface area contributed by atoms with E-state index in [1.54, 1.807) is 12.1 Å². The SMILES string of the molecule is Nc1nnc(SCCOc2ccc(F)cc2)s1. The van der Waals surface area contributed by atoms with Crippen molar-refractivity contribution in [2.75, 3.05) is 18.1 Å². The van der Waals surface area contributed by atoms with E-state index in [1.165, 1.54) is 35.2 Å². The van der Waals surface area contributed by atoms with E-state index in [0.717, 1.165) is 10.1 Å². The summed E-state index contributed by atoms with van der Waals surface area (Å²) in [4.78, 5) is 0. The third kappa shape index (κ3) is 3.86. The average Bonchev–Trinajstić information content (AvgIpc) is 2.73. The number of aromatic nitrogens is 2. The van der Waals surface area contributed by atoms with Crippen LogP contribution in [0.15, 0.2) is 28.6 Å². The molecule has 4 nitrogen and oxygen atoms in total. The first kappa shape index (κ1) is 12.1. The molecule has 0 aliphatic carbocycles. The molecule has 0 spiro atoms. The van der Waals surface area contributed by atoms with E-state index < -0.39 is 0 Å². The van der Waals surface area contributed by atoms with Gasteiger partial charge in [0.15, 0.2) is 4.34 Å². The van der Waals surface area contributed by atoms with E-state index in [4.69, 9.17) is 10.5 Å². The number of nitrogens with two attached hydrogens (primary N) is 1. The van der Waals surface area contributed by atoms with E-state index in [2.05, 4.69) is 10.2 Å². The summed E-state index contributed by atoms with van der Waals surface area (Å²) in [6.45, 7) is 0.524. The third-order valence-corrected chi connectivity index (χ3v) is 3.66. The molecule has 0 fully saturated rings. The van der Waals surface area contributed by atoms with Gasteiger partial charge in [-0.25, -0.2) is 4.39 Å². The summed E-state index contributed by atoms with van der Waals surface area (Å²) in [6.07, 6.45) is 0. The normalized spacial score (nSPS) is 10.4. The van der Waals surface area contributed by atoms with E-state index in [1.807, 2.05) is 0 Å². The van der Waals surface area contributed by atoms with Gasteiger partial charge in [0.05, 0.1) is 6.61 Å². The predicted molar refractivity (Wildman–Crippen MR) is 66.9 cm³/mol. The van der Waals surface area contributed by atoms with Crippen LogP contribution in [0.2, 0.25) is 0 Å². The zero-order valence-electron chi connectivity index (χ0n) is 8.80. The second-order valence-electron chi connectivity index (χ2n) is 3.06. The smallest absolute Gasteiger partial charge is 0.203 e. The van der Waals surface area contributed by atoms with Crippen molar-refractivity contribution in [1.82, 2.24) is 10.2 Å². The first-order chi connectivity index (χ1) is 8.24. The molecule has 0 bridgehead atoms. The summed E-state index contributed by atoms with van der Waals surface area (Å²) in [5, 5.41) is 8.04. The van der Waals surface area contributed by atoms with Crippen LogP contribution in [0.1, 0.15) is 0 Å². The monoisotopic (exact) mass is 271 g/mol. The lowest BCUT2D eigenvalue weighted by atomic mass is 10.3. The number of hydrogen-bond acceptors (Lipinski definition) is 6. The van der Waals surface area contributed by atoms with Crippen molar-refractivity contribution >= 4 is 28.2 Å². The Kier molecular flexibility index (Phi) is 4.16. The Hall–Kier alpha value is -1.34. The molecule has 0 saturated carbocycles. The minimum atomic E-state index is -0.268. The summed E-state index contributed by atoms with van der Waals surface area (Å²) in [7, 11) is 0. The molecule has 0 aliphatic heterocycles. The topological polar surface area (TPSA) is 61.0 Å². The van der Waals surface area contributed by atoms with Gasteiger partial charge < -0.3 is 10.5 Å². The first-order valence-corrected chi connectivity index (χ1v) is 6.64. The molecule has 1 heterocycles. The van der Waals surface area contributed by atoms with Gasteiger partial charge in [0, 0.05) is 5.75 Å². The summed E-state index contributed by atoms with van der Waals surface area (Å²) >= 11 is 2.88. The Morgan fingerprint density at radius 2 is 2.06 bits per heavy atom. The van der Waals surface area contributed by atoms with Crippen LogP contribution < -0.4 is 10.5 Å². The van der Waals surface area contributed by atoms with Crippen molar-refractivity contribution in [2.45, 2.75) is 4.34 Å². The van der Waals surface area contributed by atoms with Crippen LogP contribution in [0, 0.1) is 5.82 Å². The molecule has 2 aromatic rings. The van der Waals surface area contributed by atoms with E-state index in [9.17, 15) is 4.39 Å². The Labute approximate surface area is 106 Å². The lowest BCUT2D eigenvalue weighted by Gasteiger charge is -2.04. The Balaban J connectivity index is 1.71. The van der Waals surface area contributed by atoms with Crippen molar-refractivity contribution in [3.05, 3.63) is 30.1 Å². The molecular formula is C10H10FN3OS2. The molecule has 2 rings (SSSR count). The number of benzene rings is 1. The van der Waals surface area contributed by atoms with E-state index in [0.29, 0.717) is 17.5 Å². The van der Waals surface area contributed by atoms with Gasteiger partial charge in [0.2, 0.25) is 5.13 Å². The van der Waals surface area contributed by atoms with Gasteiger partial charge in [-0.05, 0) is 24.3 Å². The van der Waals surface area contributed by atoms with E-state index >= 15 is 0 Å². The molecule has 1 aromatic heterocycles. The zero-order valence-corrected chi connectivity index (χ0v) is 10.4. The first-order valence-electron chi connectivity index (χ1n) is 4.84. The van der Waals surface area contributed by atoms with Crippen LogP contribution in [0.5, 0.6) is 5.75 Å². The number of nitrogens with zero attached hydrogens (tertiary/aromatic N) is 2. The van der Waals surface area contributed by atoms with E-state index in [-0.39, 0.29) is 5.82 Å². The third-order valence-electron chi connectivity index (χ3n) is 1.81. The number of hydrogen-bond donors (Lipinski definition) is 1. The number of halogens is 1. The van der Waals surface area contributed by atoms with Crippen LogP contribution >= 0.6 is 23.1 Å². The molecule has 0 saturated heterocycles. The van der Waals surface area contributed by atoms with Crippen molar-refractivity contribution in [1.29, 1.82) is 0 Å². The fourth-order valence-electron chi connectivity index (χ4n) is 1.10. The van der Waals surface area contributed by atoms with Gasteiger partial charge >= 0.3 is 0 Å². The molecular weight excluding hydrogens is 261 g/mol. The Morgan fingerprint density at radius 1 is 1.29 bits per heavy atom. The Bertz CT molecular complexity index is 475. The van der Waals surface area contributed by atoms with Gasteiger partial charge in [0.25, 0.3) is 0 Å². The van der Waals surface area contributed by atoms with Crippen molar-refractivity contribution in [3.63, 3.8) is 0 Å². The fraction of sp³-hybridized carbons (Fsp3) is 0.200. The molecule has 2 N–H and O–H groups in total. The summed E-state index contributed by atoms with van der Waals surface area (Å²) in [6, 6.07) is 5.94. The highest BCUT2D eigenvalue weighted by Gasteiger charge is 2.01. The predicted octanol–water partition coefficient (Wildman–Crippen LogP) is 2.43. The summed E-state index contributed by atoms with van der Waals surface area (Å²) < 4.78 is 18.9. The Morgan fingerprint density at radius 3 is 2.71 bits per heavy atom. The molecule has 0 atom stereocenters. The molecule has 17 heavy (non-hydrogen) atoms. The van der Waals surface area contributed by atoms with Gasteiger partial charge in [0.1, 0.15) is 11.6 Å². The maximum Gasteiger partial charge on any atom is 0.203 e. The lowest BCUT2D eigenvalue weighted by Crippen LogP contribution is -1.99. The van der Waals surface area contributed by atoms with Gasteiger partial charge in [-0.1, -0.05) is 23.1 Å². The second-order valence-corrected chi connectivity index (χ2v) is 5.41. The van der Waals surface area contributed by atoms with Crippen molar-refractivity contribution in [3.8, 4) is 5.75 Å². The second kappa shape index (κ2) is 5.83. The zero-order chi connectivity index (χ0) is 12.1. The molecule has 0 unspecified atom stereocenters. The summed E-state index contributed by atoms with van der Waals surface area (Å²) in [5.74, 6) is 1.13. The number of anilines is 1. The molecule has 0 aliphatic rings. The fourth-order valence-corrected chi connectivity index (χ4v) is 2.62. The van der Waals surface area contributed by atoms with Crippen LogP contribution in [0.25, 0.3) is 0 Å². The number of thioether (sulfide) groups is 1. The molecule has 1 aromatic carbocycles. The van der Waals surface area contributed by atoms with Crippen molar-refractivity contribution in [2.24, 2.45) is 0 Å². The highest BCUT2D eigenvalue weighted by atomic mass is 32.2. The van der Waals surface area contributed by atoms with Crippen molar-refractivity contribution < 1.29 is 9.13 Å². The molecule has 0 radical (unpaired) electrons. The van der Waals surface area contributed by atoms with Crippen LogP contribution in [-0.4, -0.2) is 22.6 Å². The molecule has 7 heteroatoms. The number of ether oxygens (including phenoxy) is 1. The van der Waals surface area contributed by atoms with Crippen LogP contribution in [-0.2, 0) is 0 Å². The maximum atomic E-state index is 12.6. The van der Waals surface area contributed by atoms with Gasteiger partial charge in [-0.2, -0.15) is 0 Å². The lowest BCUT2D eigenvalue weighted by molar-refractivity contribution is 0.343. The van der Waals surface area contributed by atoms with Crippen LogP contribution in [0.4, 0.5) is 9.52 Å². The van der Waals surface area contributed by atoms with Gasteiger partial charge in [-0.15, -0.1) is 10.2 Å². The summed E-state index contributed by atoms with van der Waals surface area (Å²) in [5.41, 5.74) is 5.45. The maximum absolute atomic E-state index is 12.6. The van der Waals surface area contributed by atoms with Gasteiger partial charge in [-0.3, -0.25) is 0 Å². The average molecular weight is 271 g/mol. The minimum Gasteiger partial charge on any atom is -0.493 e. The number of nitrogen functional groups attached to an aromatic ring is 1. The largest absolute Gasteiger partial charge is 0.493 e.